The first-order valence-electron chi connectivity index (χ1n) is 41.6. The molecule has 1 amide bonds. The maximum Gasteiger partial charge on any atom is 0.305 e. The molecule has 0 aliphatic carbocycles. The highest BCUT2D eigenvalue weighted by molar-refractivity contribution is 5.76. The van der Waals surface area contributed by atoms with Crippen LogP contribution in [0.3, 0.4) is 0 Å². The Hall–Kier alpha value is -1.66. The molecular weight excluding hydrogens is 1100 g/mol. The van der Waals surface area contributed by atoms with E-state index in [1.165, 1.54) is 398 Å². The minimum absolute atomic E-state index is 0.0189. The molecule has 2 unspecified atom stereocenters. The first kappa shape index (κ1) is 88.3. The van der Waals surface area contributed by atoms with E-state index in [2.05, 4.69) is 43.5 Å². The summed E-state index contributed by atoms with van der Waals surface area (Å²) in [6, 6.07) is -0.541. The molecule has 534 valence electrons. The molecular formula is C84H163NO5. The van der Waals surface area contributed by atoms with E-state index in [0.29, 0.717) is 25.9 Å². The molecule has 90 heavy (non-hydrogen) atoms. The van der Waals surface area contributed by atoms with E-state index in [1.54, 1.807) is 0 Å². The van der Waals surface area contributed by atoms with Crippen LogP contribution >= 0.6 is 0 Å². The maximum absolute atomic E-state index is 12.6. The molecule has 6 nitrogen and oxygen atoms in total. The molecule has 3 N–H and O–H groups in total. The highest BCUT2D eigenvalue weighted by atomic mass is 16.5. The van der Waals surface area contributed by atoms with Gasteiger partial charge >= 0.3 is 5.97 Å². The number of allylic oxidation sites excluding steroid dienone is 4. The molecule has 6 heteroatoms. The third kappa shape index (κ3) is 75.4. The number of rotatable bonds is 79. The lowest BCUT2D eigenvalue weighted by Crippen LogP contribution is -2.45. The normalized spacial score (nSPS) is 12.5. The lowest BCUT2D eigenvalue weighted by molar-refractivity contribution is -0.143. The zero-order valence-electron chi connectivity index (χ0n) is 61.4. The van der Waals surface area contributed by atoms with Crippen LogP contribution in [0.4, 0.5) is 0 Å². The molecule has 0 aliphatic heterocycles. The number of carbonyl (C=O) groups excluding carboxylic acids is 2. The summed E-state index contributed by atoms with van der Waals surface area (Å²) in [5.74, 6) is -0.00819. The summed E-state index contributed by atoms with van der Waals surface area (Å²) in [6.45, 7) is 5.01. The Morgan fingerprint density at radius 1 is 0.311 bits per heavy atom. The van der Waals surface area contributed by atoms with Crippen LogP contribution in [-0.4, -0.2) is 47.4 Å². The van der Waals surface area contributed by atoms with Crippen LogP contribution in [0, 0.1) is 0 Å². The third-order valence-corrected chi connectivity index (χ3v) is 19.8. The molecule has 0 aromatic heterocycles. The van der Waals surface area contributed by atoms with Gasteiger partial charge < -0.3 is 20.3 Å². The average molecular weight is 1270 g/mol. The van der Waals surface area contributed by atoms with E-state index in [0.717, 1.165) is 44.9 Å². The number of carbonyl (C=O) groups is 2. The molecule has 0 aromatic carbocycles. The molecule has 2 atom stereocenters. The summed E-state index contributed by atoms with van der Waals surface area (Å²) in [5, 5.41) is 23.5. The quantitative estimate of drug-likeness (QED) is 0.0320. The Morgan fingerprint density at radius 3 is 0.844 bits per heavy atom. The van der Waals surface area contributed by atoms with Crippen LogP contribution in [0.2, 0.25) is 0 Å². The average Bonchev–Trinajstić information content (AvgIpc) is 3.58. The van der Waals surface area contributed by atoms with Gasteiger partial charge in [-0.05, 0) is 57.8 Å². The van der Waals surface area contributed by atoms with Gasteiger partial charge in [0, 0.05) is 12.8 Å². The van der Waals surface area contributed by atoms with Crippen molar-refractivity contribution in [3.63, 3.8) is 0 Å². The zero-order valence-corrected chi connectivity index (χ0v) is 61.4. The van der Waals surface area contributed by atoms with Crippen molar-refractivity contribution in [1.29, 1.82) is 0 Å². The Kier molecular flexibility index (Phi) is 78.3. The third-order valence-electron chi connectivity index (χ3n) is 19.8. The molecule has 0 aromatic rings. The fraction of sp³-hybridized carbons (Fsp3) is 0.929. The van der Waals surface area contributed by atoms with Crippen LogP contribution in [0.25, 0.3) is 0 Å². The number of aliphatic hydroxyl groups excluding tert-OH is 2. The SMILES string of the molecule is CCCCCCCCCCCCCCCCCCCCCCCCCCC(O)C(CO)NC(=O)CCCCCCCCCCCCCCCCCCC/C=C\C/C=C\CCCCCCCCCCCOC(=O)CCCCCCCCCCCCCCCCCC. The van der Waals surface area contributed by atoms with Crippen molar-refractivity contribution < 1.29 is 24.5 Å². The number of aliphatic hydroxyl groups is 2. The smallest absolute Gasteiger partial charge is 0.305 e. The van der Waals surface area contributed by atoms with Gasteiger partial charge in [-0.2, -0.15) is 0 Å². The topological polar surface area (TPSA) is 95.9 Å². The summed E-state index contributed by atoms with van der Waals surface area (Å²) in [4.78, 5) is 24.7. The van der Waals surface area contributed by atoms with Crippen molar-refractivity contribution in [2.75, 3.05) is 13.2 Å². The van der Waals surface area contributed by atoms with E-state index >= 15 is 0 Å². The van der Waals surface area contributed by atoms with E-state index in [9.17, 15) is 19.8 Å². The van der Waals surface area contributed by atoms with Crippen LogP contribution in [-0.2, 0) is 14.3 Å². The van der Waals surface area contributed by atoms with Crippen molar-refractivity contribution in [3.8, 4) is 0 Å². The molecule has 0 spiro atoms. The first-order valence-corrected chi connectivity index (χ1v) is 41.6. The van der Waals surface area contributed by atoms with Gasteiger partial charge in [0.15, 0.2) is 0 Å². The highest BCUT2D eigenvalue weighted by Crippen LogP contribution is 2.20. The van der Waals surface area contributed by atoms with Gasteiger partial charge in [0.25, 0.3) is 0 Å². The second-order valence-electron chi connectivity index (χ2n) is 28.8. The van der Waals surface area contributed by atoms with Gasteiger partial charge in [0.1, 0.15) is 0 Å². The number of amides is 1. The van der Waals surface area contributed by atoms with E-state index in [4.69, 9.17) is 4.74 Å². The molecule has 0 fully saturated rings. The standard InChI is InChI=1S/C84H163NO5/c1-3-5-7-9-11-13-15-17-19-21-22-23-24-36-39-42-45-48-52-56-60-64-68-72-76-82(87)81(80-86)85-83(88)77-73-69-65-61-57-53-49-46-43-40-37-34-32-30-28-26-25-27-29-31-33-35-38-41-44-47-51-55-59-63-67-71-75-79-90-84(89)78-74-70-66-62-58-54-50-20-18-16-14-12-10-8-6-4-2/h29,31,35,38,81-82,86-87H,3-28,30,32-34,36-37,39-80H2,1-2H3,(H,85,88)/b31-29-,38-35-. The fourth-order valence-electron chi connectivity index (χ4n) is 13.4. The molecule has 0 saturated carbocycles. The van der Waals surface area contributed by atoms with E-state index < -0.39 is 12.1 Å². The summed E-state index contributed by atoms with van der Waals surface area (Å²) in [5.41, 5.74) is 0. The predicted molar refractivity (Wildman–Crippen MR) is 398 cm³/mol. The van der Waals surface area contributed by atoms with Crippen molar-refractivity contribution in [1.82, 2.24) is 5.32 Å². The zero-order chi connectivity index (χ0) is 64.9. The Bertz CT molecular complexity index is 1410. The molecule has 0 saturated heterocycles. The largest absolute Gasteiger partial charge is 0.466 e. The molecule has 0 bridgehead atoms. The summed E-state index contributed by atoms with van der Waals surface area (Å²) >= 11 is 0. The van der Waals surface area contributed by atoms with Gasteiger partial charge in [-0.3, -0.25) is 9.59 Å². The van der Waals surface area contributed by atoms with Crippen LogP contribution in [0.15, 0.2) is 24.3 Å². The highest BCUT2D eigenvalue weighted by Gasteiger charge is 2.20. The molecule has 0 heterocycles. The first-order chi connectivity index (χ1) is 44.5. The number of esters is 1. The second-order valence-corrected chi connectivity index (χ2v) is 28.8. The number of hydrogen-bond acceptors (Lipinski definition) is 5. The second kappa shape index (κ2) is 79.8. The van der Waals surface area contributed by atoms with Crippen LogP contribution in [0.5, 0.6) is 0 Å². The Labute approximate surface area is 564 Å². The predicted octanol–water partition coefficient (Wildman–Crippen LogP) is 27.6. The monoisotopic (exact) mass is 1270 g/mol. The minimum Gasteiger partial charge on any atom is -0.466 e. The lowest BCUT2D eigenvalue weighted by Gasteiger charge is -2.22. The lowest BCUT2D eigenvalue weighted by atomic mass is 10.0. The van der Waals surface area contributed by atoms with Gasteiger partial charge in [-0.15, -0.1) is 0 Å². The van der Waals surface area contributed by atoms with Gasteiger partial charge in [0.2, 0.25) is 5.91 Å². The minimum atomic E-state index is -0.665. The Balaban J connectivity index is 3.37. The number of hydrogen-bond donors (Lipinski definition) is 3. The summed E-state index contributed by atoms with van der Waals surface area (Å²) < 4.78 is 5.51. The summed E-state index contributed by atoms with van der Waals surface area (Å²) in [6.07, 6.45) is 103. The van der Waals surface area contributed by atoms with Crippen molar-refractivity contribution in [3.05, 3.63) is 24.3 Å². The molecule has 0 aliphatic rings. The van der Waals surface area contributed by atoms with E-state index in [-0.39, 0.29) is 18.5 Å². The van der Waals surface area contributed by atoms with E-state index in [1.807, 2.05) is 0 Å². The number of unbranched alkanes of at least 4 members (excludes halogenated alkanes) is 64. The van der Waals surface area contributed by atoms with Crippen molar-refractivity contribution in [2.24, 2.45) is 0 Å². The van der Waals surface area contributed by atoms with Gasteiger partial charge in [-0.1, -0.05) is 430 Å². The van der Waals surface area contributed by atoms with Crippen LogP contribution in [0.1, 0.15) is 476 Å². The van der Waals surface area contributed by atoms with Crippen molar-refractivity contribution in [2.45, 2.75) is 488 Å². The molecule has 0 rings (SSSR count). The maximum atomic E-state index is 12.6. The summed E-state index contributed by atoms with van der Waals surface area (Å²) in [7, 11) is 0. The fourth-order valence-corrected chi connectivity index (χ4v) is 13.4. The number of nitrogens with one attached hydrogen (secondary N) is 1. The van der Waals surface area contributed by atoms with Crippen LogP contribution < -0.4 is 5.32 Å². The van der Waals surface area contributed by atoms with Gasteiger partial charge in [0.05, 0.1) is 25.4 Å². The number of ether oxygens (including phenoxy) is 1. The molecule has 0 radical (unpaired) electrons. The van der Waals surface area contributed by atoms with Gasteiger partial charge in [-0.25, -0.2) is 0 Å². The Morgan fingerprint density at radius 2 is 0.556 bits per heavy atom. The van der Waals surface area contributed by atoms with Crippen molar-refractivity contribution >= 4 is 11.9 Å².